The fourth-order valence-electron chi connectivity index (χ4n) is 3.10. The van der Waals surface area contributed by atoms with Gasteiger partial charge in [-0.1, -0.05) is 6.07 Å². The lowest BCUT2D eigenvalue weighted by Crippen LogP contribution is -2.24. The first-order valence-electron chi connectivity index (χ1n) is 7.95. The normalized spacial score (nSPS) is 14.7. The van der Waals surface area contributed by atoms with E-state index in [0.29, 0.717) is 22.4 Å². The van der Waals surface area contributed by atoms with E-state index in [0.717, 1.165) is 22.5 Å². The van der Waals surface area contributed by atoms with Crippen molar-refractivity contribution in [3.8, 4) is 12.1 Å². The summed E-state index contributed by atoms with van der Waals surface area (Å²) < 4.78 is 0. The third-order valence-corrected chi connectivity index (χ3v) is 4.38. The molecule has 0 saturated carbocycles. The molecular weight excluding hydrogens is 330 g/mol. The molecule has 0 radical (unpaired) electrons. The van der Waals surface area contributed by atoms with Gasteiger partial charge in [0.2, 0.25) is 0 Å². The first kappa shape index (κ1) is 17.1. The largest absolute Gasteiger partial charge is 0.361 e. The van der Waals surface area contributed by atoms with Crippen molar-refractivity contribution in [2.24, 2.45) is 0 Å². The predicted molar refractivity (Wildman–Crippen MR) is 96.7 cm³/mol. The van der Waals surface area contributed by atoms with Crippen molar-refractivity contribution in [3.63, 3.8) is 0 Å². The molecule has 2 aromatic rings. The van der Waals surface area contributed by atoms with Crippen LogP contribution in [-0.4, -0.2) is 23.3 Å². The SMILES string of the molecule is CNC(=O)Nc1n[nH]c2ccc(C3C(C#N)=C(C)NC(C)=C3C#N)cc12. The van der Waals surface area contributed by atoms with Gasteiger partial charge in [-0.2, -0.15) is 15.6 Å². The Balaban J connectivity index is 2.16. The maximum atomic E-state index is 11.6. The molecule has 2 amide bonds. The van der Waals surface area contributed by atoms with Crippen molar-refractivity contribution in [1.29, 1.82) is 10.5 Å². The summed E-state index contributed by atoms with van der Waals surface area (Å²) in [6.45, 7) is 3.64. The van der Waals surface area contributed by atoms with E-state index in [9.17, 15) is 15.3 Å². The molecule has 8 nitrogen and oxygen atoms in total. The van der Waals surface area contributed by atoms with Crippen molar-refractivity contribution in [2.45, 2.75) is 19.8 Å². The van der Waals surface area contributed by atoms with Crippen molar-refractivity contribution in [2.75, 3.05) is 12.4 Å². The van der Waals surface area contributed by atoms with Crippen LogP contribution in [0.3, 0.4) is 0 Å². The number of urea groups is 1. The Labute approximate surface area is 150 Å². The molecular formula is C18H17N7O. The van der Waals surface area contributed by atoms with Crippen LogP contribution >= 0.6 is 0 Å². The highest BCUT2D eigenvalue weighted by molar-refractivity contribution is 5.99. The molecule has 0 aliphatic carbocycles. The van der Waals surface area contributed by atoms with Crippen LogP contribution in [0.15, 0.2) is 40.7 Å². The minimum absolute atomic E-state index is 0.382. The van der Waals surface area contributed by atoms with E-state index in [2.05, 4.69) is 38.3 Å². The lowest BCUT2D eigenvalue weighted by atomic mass is 9.81. The number of H-pyrrole nitrogens is 1. The Hall–Kier alpha value is -3.78. The number of carbonyl (C=O) groups is 1. The summed E-state index contributed by atoms with van der Waals surface area (Å²) in [4.78, 5) is 11.6. The van der Waals surface area contributed by atoms with E-state index in [1.54, 1.807) is 0 Å². The van der Waals surface area contributed by atoms with Gasteiger partial charge in [-0.25, -0.2) is 4.79 Å². The molecule has 3 rings (SSSR count). The average molecular weight is 347 g/mol. The molecule has 26 heavy (non-hydrogen) atoms. The van der Waals surface area contributed by atoms with E-state index in [4.69, 9.17) is 0 Å². The Morgan fingerprint density at radius 2 is 1.85 bits per heavy atom. The summed E-state index contributed by atoms with van der Waals surface area (Å²) in [5, 5.41) is 35.1. The lowest BCUT2D eigenvalue weighted by molar-refractivity contribution is 0.254. The Kier molecular flexibility index (Phi) is 4.34. The van der Waals surface area contributed by atoms with Crippen LogP contribution < -0.4 is 16.0 Å². The first-order chi connectivity index (χ1) is 12.5. The molecule has 0 atom stereocenters. The third-order valence-electron chi connectivity index (χ3n) is 4.38. The highest BCUT2D eigenvalue weighted by Crippen LogP contribution is 2.38. The zero-order chi connectivity index (χ0) is 18.8. The van der Waals surface area contributed by atoms with Gasteiger partial charge in [-0.3, -0.25) is 10.4 Å². The molecule has 130 valence electrons. The number of allylic oxidation sites excluding steroid dienone is 4. The number of aromatic nitrogens is 2. The third kappa shape index (κ3) is 2.74. The number of benzene rings is 1. The molecule has 2 heterocycles. The minimum Gasteiger partial charge on any atom is -0.361 e. The lowest BCUT2D eigenvalue weighted by Gasteiger charge is -2.26. The smallest absolute Gasteiger partial charge is 0.320 e. The van der Waals surface area contributed by atoms with Gasteiger partial charge >= 0.3 is 6.03 Å². The highest BCUT2D eigenvalue weighted by atomic mass is 16.2. The standard InChI is InChI=1S/C18H17N7O/c1-9-13(7-19)16(14(8-20)10(2)22-9)11-4-5-15-12(6-11)17(25-24-15)23-18(26)21-3/h4-6,16,22H,1-3H3,(H3,21,23,24,25,26). The molecule has 1 aliphatic heterocycles. The topological polar surface area (TPSA) is 129 Å². The van der Waals surface area contributed by atoms with Crippen molar-refractivity contribution in [1.82, 2.24) is 20.8 Å². The van der Waals surface area contributed by atoms with Crippen LogP contribution in [-0.2, 0) is 0 Å². The molecule has 4 N–H and O–H groups in total. The summed E-state index contributed by atoms with van der Waals surface area (Å²) in [5.74, 6) is -0.0769. The summed E-state index contributed by atoms with van der Waals surface area (Å²) >= 11 is 0. The number of nitrogens with zero attached hydrogens (tertiary/aromatic N) is 3. The number of dihydropyridines is 1. The maximum absolute atomic E-state index is 11.6. The zero-order valence-electron chi connectivity index (χ0n) is 14.6. The second kappa shape index (κ2) is 6.61. The van der Waals surface area contributed by atoms with Crippen LogP contribution in [0, 0.1) is 22.7 Å². The van der Waals surface area contributed by atoms with Gasteiger partial charge in [-0.15, -0.1) is 0 Å². The van der Waals surface area contributed by atoms with Gasteiger partial charge in [-0.05, 0) is 31.5 Å². The van der Waals surface area contributed by atoms with E-state index in [-0.39, 0.29) is 6.03 Å². The van der Waals surface area contributed by atoms with Gasteiger partial charge in [0.1, 0.15) is 0 Å². The Morgan fingerprint density at radius 1 is 1.19 bits per heavy atom. The van der Waals surface area contributed by atoms with Crippen LogP contribution in [0.25, 0.3) is 10.9 Å². The van der Waals surface area contributed by atoms with Crippen molar-refractivity contribution in [3.05, 3.63) is 46.3 Å². The van der Waals surface area contributed by atoms with Crippen LogP contribution in [0.2, 0.25) is 0 Å². The van der Waals surface area contributed by atoms with Crippen LogP contribution in [0.4, 0.5) is 10.6 Å². The predicted octanol–water partition coefficient (Wildman–Crippen LogP) is 2.60. The van der Waals surface area contributed by atoms with Crippen molar-refractivity contribution >= 4 is 22.8 Å². The van der Waals surface area contributed by atoms with Gasteiger partial charge in [0.25, 0.3) is 0 Å². The summed E-state index contributed by atoms with van der Waals surface area (Å²) in [6, 6.07) is 9.57. The summed E-state index contributed by atoms with van der Waals surface area (Å²) in [6.07, 6.45) is 0. The van der Waals surface area contributed by atoms with E-state index >= 15 is 0 Å². The number of hydrogen-bond donors (Lipinski definition) is 4. The average Bonchev–Trinajstić information content (AvgIpc) is 3.03. The summed E-state index contributed by atoms with van der Waals surface area (Å²) in [7, 11) is 1.52. The monoisotopic (exact) mass is 347 g/mol. The maximum Gasteiger partial charge on any atom is 0.320 e. The molecule has 1 aromatic carbocycles. The molecule has 0 fully saturated rings. The van der Waals surface area contributed by atoms with E-state index in [1.807, 2.05) is 32.0 Å². The number of carbonyl (C=O) groups excluding carboxylic acids is 1. The number of anilines is 1. The molecule has 0 bridgehead atoms. The van der Waals surface area contributed by atoms with E-state index in [1.165, 1.54) is 7.05 Å². The van der Waals surface area contributed by atoms with Crippen LogP contribution in [0.1, 0.15) is 25.3 Å². The number of amides is 2. The van der Waals surface area contributed by atoms with Gasteiger partial charge in [0.05, 0.1) is 34.7 Å². The van der Waals surface area contributed by atoms with Gasteiger partial charge in [0.15, 0.2) is 5.82 Å². The number of aromatic amines is 1. The van der Waals surface area contributed by atoms with Crippen molar-refractivity contribution < 1.29 is 4.79 Å². The number of nitriles is 2. The zero-order valence-corrected chi connectivity index (χ0v) is 14.6. The number of hydrogen-bond acceptors (Lipinski definition) is 5. The fraction of sp³-hybridized carbons (Fsp3) is 0.222. The van der Waals surface area contributed by atoms with E-state index < -0.39 is 5.92 Å². The second-order valence-electron chi connectivity index (χ2n) is 5.94. The Morgan fingerprint density at radius 3 is 2.42 bits per heavy atom. The molecule has 0 saturated heterocycles. The number of fused-ring (bicyclic) bond motifs is 1. The quantitative estimate of drug-likeness (QED) is 0.663. The van der Waals surface area contributed by atoms with Gasteiger partial charge < -0.3 is 10.6 Å². The van der Waals surface area contributed by atoms with Gasteiger partial charge in [0, 0.05) is 23.8 Å². The molecule has 1 aromatic heterocycles. The highest BCUT2D eigenvalue weighted by Gasteiger charge is 2.29. The second-order valence-corrected chi connectivity index (χ2v) is 5.94. The number of rotatable bonds is 2. The summed E-state index contributed by atoms with van der Waals surface area (Å²) in [5.41, 5.74) is 3.97. The first-order valence-corrected chi connectivity index (χ1v) is 7.95. The van der Waals surface area contributed by atoms with Crippen LogP contribution in [0.5, 0.6) is 0 Å². The number of nitrogens with one attached hydrogen (secondary N) is 4. The fourth-order valence-corrected chi connectivity index (χ4v) is 3.10. The molecule has 0 unspecified atom stereocenters. The molecule has 8 heteroatoms. The minimum atomic E-state index is -0.460. The molecule has 0 spiro atoms. The molecule has 1 aliphatic rings. The Bertz CT molecular complexity index is 1010.